The summed E-state index contributed by atoms with van der Waals surface area (Å²) in [4.78, 5) is 0. The van der Waals surface area contributed by atoms with Crippen LogP contribution in [0, 0.1) is 0 Å². The fraction of sp³-hybridized carbons (Fsp3) is 0.923. The molecule has 5 nitrogen and oxygen atoms in total. The van der Waals surface area contributed by atoms with Gasteiger partial charge in [0, 0.05) is 6.61 Å². The van der Waals surface area contributed by atoms with E-state index in [1.54, 1.807) is 6.08 Å². The van der Waals surface area contributed by atoms with Crippen LogP contribution in [0.2, 0.25) is 0 Å². The second-order valence-corrected chi connectivity index (χ2v) is 8.06. The molecule has 0 bridgehead atoms. The average Bonchev–Trinajstić information content (AvgIpc) is 2.78. The van der Waals surface area contributed by atoms with Gasteiger partial charge in [-0.05, 0) is 6.42 Å². The number of rotatable bonds is 28. The Hall–Kier alpha value is -0.460. The van der Waals surface area contributed by atoms with Crippen LogP contribution in [0.3, 0.4) is 0 Å². The Morgan fingerprint density at radius 3 is 1.13 bits per heavy atom. The zero-order valence-electron chi connectivity index (χ0n) is 20.6. The topological polar surface area (TPSA) is 46.2 Å². The Labute approximate surface area is 193 Å². The van der Waals surface area contributed by atoms with Crippen molar-refractivity contribution in [2.45, 2.75) is 90.4 Å². The monoisotopic (exact) mass is 444 g/mol. The standard InChI is InChI=1S/C26H52O5/c1-3-5-6-7-8-9-10-11-12-13-14-15-16-18-28-20-22-30-24-26-31-25-23-29-21-19-27-17-4-2/h4H,2-3,5-26H2,1H3. The third-order valence-electron chi connectivity index (χ3n) is 5.12. The molecule has 0 aliphatic carbocycles. The van der Waals surface area contributed by atoms with E-state index in [0.29, 0.717) is 59.5 Å². The van der Waals surface area contributed by atoms with Crippen molar-refractivity contribution in [3.8, 4) is 0 Å². The van der Waals surface area contributed by atoms with Gasteiger partial charge in [-0.1, -0.05) is 90.0 Å². The summed E-state index contributed by atoms with van der Waals surface area (Å²) in [6.45, 7) is 12.1. The molecule has 0 aliphatic rings. The van der Waals surface area contributed by atoms with Crippen LogP contribution in [-0.4, -0.2) is 66.1 Å². The van der Waals surface area contributed by atoms with Crippen molar-refractivity contribution < 1.29 is 23.7 Å². The van der Waals surface area contributed by atoms with E-state index in [0.717, 1.165) is 6.61 Å². The summed E-state index contributed by atoms with van der Waals surface area (Å²) >= 11 is 0. The quantitative estimate of drug-likeness (QED) is 0.104. The number of ether oxygens (including phenoxy) is 5. The highest BCUT2D eigenvalue weighted by Gasteiger charge is 1.95. The van der Waals surface area contributed by atoms with Crippen molar-refractivity contribution >= 4 is 0 Å². The first-order valence-corrected chi connectivity index (χ1v) is 12.9. The van der Waals surface area contributed by atoms with Crippen molar-refractivity contribution in [1.29, 1.82) is 0 Å². The largest absolute Gasteiger partial charge is 0.379 e. The maximum absolute atomic E-state index is 5.63. The van der Waals surface area contributed by atoms with Gasteiger partial charge in [0.1, 0.15) is 0 Å². The third kappa shape index (κ3) is 29.5. The van der Waals surface area contributed by atoms with Gasteiger partial charge >= 0.3 is 0 Å². The molecule has 0 spiro atoms. The van der Waals surface area contributed by atoms with Gasteiger partial charge in [0.15, 0.2) is 0 Å². The molecular formula is C26H52O5. The molecule has 0 N–H and O–H groups in total. The minimum absolute atomic E-state index is 0.570. The predicted octanol–water partition coefficient (Wildman–Crippen LogP) is 6.35. The van der Waals surface area contributed by atoms with Crippen molar-refractivity contribution in [2.75, 3.05) is 66.1 Å². The Morgan fingerprint density at radius 2 is 0.742 bits per heavy atom. The molecule has 0 radical (unpaired) electrons. The Morgan fingerprint density at radius 1 is 0.419 bits per heavy atom. The first kappa shape index (κ1) is 30.5. The summed E-state index contributed by atoms with van der Waals surface area (Å²) in [6.07, 6.45) is 19.7. The van der Waals surface area contributed by atoms with E-state index >= 15 is 0 Å². The van der Waals surface area contributed by atoms with E-state index in [-0.39, 0.29) is 0 Å². The predicted molar refractivity (Wildman–Crippen MR) is 130 cm³/mol. The van der Waals surface area contributed by atoms with Gasteiger partial charge in [-0.25, -0.2) is 0 Å². The lowest BCUT2D eigenvalue weighted by Gasteiger charge is -2.07. The molecular weight excluding hydrogens is 392 g/mol. The molecule has 0 atom stereocenters. The summed E-state index contributed by atoms with van der Waals surface area (Å²) in [7, 11) is 0. The molecule has 31 heavy (non-hydrogen) atoms. The lowest BCUT2D eigenvalue weighted by atomic mass is 10.0. The van der Waals surface area contributed by atoms with Gasteiger partial charge in [0.2, 0.25) is 0 Å². The van der Waals surface area contributed by atoms with Gasteiger partial charge < -0.3 is 23.7 Å². The highest BCUT2D eigenvalue weighted by molar-refractivity contribution is 4.63. The molecule has 0 rings (SSSR count). The van der Waals surface area contributed by atoms with E-state index in [1.165, 1.54) is 83.5 Å². The van der Waals surface area contributed by atoms with Gasteiger partial charge in [0.05, 0.1) is 59.5 Å². The second kappa shape index (κ2) is 29.5. The summed E-state index contributed by atoms with van der Waals surface area (Å²) < 4.78 is 27.2. The van der Waals surface area contributed by atoms with Crippen LogP contribution in [-0.2, 0) is 23.7 Å². The lowest BCUT2D eigenvalue weighted by Crippen LogP contribution is -2.13. The Kier molecular flexibility index (Phi) is 29.1. The number of hydrogen-bond acceptors (Lipinski definition) is 5. The molecule has 0 aromatic rings. The average molecular weight is 445 g/mol. The summed E-state index contributed by atoms with van der Waals surface area (Å²) in [6, 6.07) is 0. The molecule has 0 fully saturated rings. The molecule has 0 amide bonds. The van der Waals surface area contributed by atoms with E-state index in [9.17, 15) is 0 Å². The van der Waals surface area contributed by atoms with Crippen LogP contribution in [0.1, 0.15) is 90.4 Å². The van der Waals surface area contributed by atoms with E-state index < -0.39 is 0 Å². The van der Waals surface area contributed by atoms with Crippen LogP contribution >= 0.6 is 0 Å². The van der Waals surface area contributed by atoms with Crippen LogP contribution < -0.4 is 0 Å². The highest BCUT2D eigenvalue weighted by atomic mass is 16.6. The molecule has 0 unspecified atom stereocenters. The van der Waals surface area contributed by atoms with Gasteiger partial charge in [-0.15, -0.1) is 6.58 Å². The summed E-state index contributed by atoms with van der Waals surface area (Å²) in [5.74, 6) is 0. The Bertz CT molecular complexity index is 325. The summed E-state index contributed by atoms with van der Waals surface area (Å²) in [5.41, 5.74) is 0. The van der Waals surface area contributed by atoms with E-state index in [4.69, 9.17) is 23.7 Å². The zero-order valence-corrected chi connectivity index (χ0v) is 20.6. The van der Waals surface area contributed by atoms with Crippen molar-refractivity contribution in [1.82, 2.24) is 0 Å². The molecule has 0 saturated carbocycles. The number of unbranched alkanes of at least 4 members (excludes halogenated alkanes) is 12. The van der Waals surface area contributed by atoms with E-state index in [2.05, 4.69) is 13.5 Å². The number of hydrogen-bond donors (Lipinski definition) is 0. The molecule has 0 aromatic carbocycles. The first-order chi connectivity index (χ1) is 15.4. The van der Waals surface area contributed by atoms with Crippen molar-refractivity contribution in [3.05, 3.63) is 12.7 Å². The van der Waals surface area contributed by atoms with Crippen molar-refractivity contribution in [3.63, 3.8) is 0 Å². The normalized spacial score (nSPS) is 11.3. The molecule has 0 saturated heterocycles. The second-order valence-electron chi connectivity index (χ2n) is 8.06. The molecule has 186 valence electrons. The van der Waals surface area contributed by atoms with Gasteiger partial charge in [-0.3, -0.25) is 0 Å². The van der Waals surface area contributed by atoms with Crippen LogP contribution in [0.4, 0.5) is 0 Å². The SMILES string of the molecule is C=CCOCCOCCOCCOCCOCCCCCCCCCCCCCCC. The minimum atomic E-state index is 0.570. The molecule has 0 aromatic heterocycles. The Balaban J connectivity index is 2.98. The fourth-order valence-corrected chi connectivity index (χ4v) is 3.27. The highest BCUT2D eigenvalue weighted by Crippen LogP contribution is 2.12. The minimum Gasteiger partial charge on any atom is -0.379 e. The summed E-state index contributed by atoms with van der Waals surface area (Å²) in [5, 5.41) is 0. The van der Waals surface area contributed by atoms with Gasteiger partial charge in [0.25, 0.3) is 0 Å². The van der Waals surface area contributed by atoms with Gasteiger partial charge in [-0.2, -0.15) is 0 Å². The molecule has 0 heterocycles. The maximum Gasteiger partial charge on any atom is 0.0704 e. The zero-order chi connectivity index (χ0) is 22.5. The maximum atomic E-state index is 5.63. The van der Waals surface area contributed by atoms with Crippen molar-refractivity contribution in [2.24, 2.45) is 0 Å². The fourth-order valence-electron chi connectivity index (χ4n) is 3.27. The van der Waals surface area contributed by atoms with Crippen LogP contribution in [0.25, 0.3) is 0 Å². The van der Waals surface area contributed by atoms with Crippen LogP contribution in [0.15, 0.2) is 12.7 Å². The lowest BCUT2D eigenvalue weighted by molar-refractivity contribution is -0.00958. The smallest absolute Gasteiger partial charge is 0.0704 e. The molecule has 0 aliphatic heterocycles. The third-order valence-corrected chi connectivity index (χ3v) is 5.12. The first-order valence-electron chi connectivity index (χ1n) is 12.9. The van der Waals surface area contributed by atoms with E-state index in [1.807, 2.05) is 0 Å². The molecule has 5 heteroatoms. The van der Waals surface area contributed by atoms with Crippen LogP contribution in [0.5, 0.6) is 0 Å².